The molecule has 118 valence electrons. The quantitative estimate of drug-likeness (QED) is 0.490. The topological polar surface area (TPSA) is 38.8 Å². The maximum absolute atomic E-state index is 11.4. The zero-order valence-corrected chi connectivity index (χ0v) is 13.8. The number of hydrogen-bond acceptors (Lipinski definition) is 4. The molecule has 0 spiro atoms. The summed E-state index contributed by atoms with van der Waals surface area (Å²) in [5, 5.41) is 0.579. The normalized spacial score (nSPS) is 10.7. The second-order valence-electron chi connectivity index (χ2n) is 4.60. The maximum Gasteiger partial charge on any atom is 0.159 e. The number of anilines is 1. The van der Waals surface area contributed by atoms with Crippen LogP contribution in [-0.2, 0) is 9.47 Å². The molecule has 0 aromatic heterocycles. The zero-order chi connectivity index (χ0) is 15.7. The third kappa shape index (κ3) is 6.04. The summed E-state index contributed by atoms with van der Waals surface area (Å²) in [6.07, 6.45) is 0. The van der Waals surface area contributed by atoms with Crippen molar-refractivity contribution < 1.29 is 14.3 Å². The van der Waals surface area contributed by atoms with Gasteiger partial charge in [-0.05, 0) is 39.0 Å². The fourth-order valence-corrected chi connectivity index (χ4v) is 2.27. The molecular weight excluding hydrogens is 290 g/mol. The number of hydrogen-bond donors (Lipinski definition) is 0. The summed E-state index contributed by atoms with van der Waals surface area (Å²) in [5.74, 6) is 0.0126. The van der Waals surface area contributed by atoms with Gasteiger partial charge in [0.1, 0.15) is 0 Å². The van der Waals surface area contributed by atoms with Crippen LogP contribution in [0.4, 0.5) is 5.69 Å². The Morgan fingerprint density at radius 2 is 1.71 bits per heavy atom. The van der Waals surface area contributed by atoms with Crippen LogP contribution in [0.15, 0.2) is 18.2 Å². The minimum absolute atomic E-state index is 0.0126. The molecule has 0 N–H and O–H groups in total. The van der Waals surface area contributed by atoms with Crippen molar-refractivity contribution in [3.8, 4) is 0 Å². The predicted octanol–water partition coefficient (Wildman–Crippen LogP) is 3.42. The summed E-state index contributed by atoms with van der Waals surface area (Å²) in [6.45, 7) is 9.60. The van der Waals surface area contributed by atoms with Crippen LogP contribution in [-0.4, -0.2) is 45.3 Å². The van der Waals surface area contributed by atoms with E-state index in [0.29, 0.717) is 37.0 Å². The molecule has 1 aromatic rings. The van der Waals surface area contributed by atoms with Gasteiger partial charge in [-0.2, -0.15) is 0 Å². The number of Topliss-reactive ketones (excluding diaryl/α,β-unsaturated/α-hetero) is 1. The highest BCUT2D eigenvalue weighted by atomic mass is 35.5. The first-order valence-corrected chi connectivity index (χ1v) is 7.68. The van der Waals surface area contributed by atoms with E-state index in [-0.39, 0.29) is 5.78 Å². The van der Waals surface area contributed by atoms with Crippen LogP contribution < -0.4 is 4.90 Å². The van der Waals surface area contributed by atoms with Crippen molar-refractivity contribution >= 4 is 23.1 Å². The molecule has 0 saturated carbocycles. The molecule has 0 fully saturated rings. The summed E-state index contributed by atoms with van der Waals surface area (Å²) in [6, 6.07) is 5.41. The smallest absolute Gasteiger partial charge is 0.159 e. The van der Waals surface area contributed by atoms with Gasteiger partial charge in [-0.1, -0.05) is 11.6 Å². The Bertz CT molecular complexity index is 441. The Hall–Kier alpha value is -1.10. The third-order valence-corrected chi connectivity index (χ3v) is 3.42. The van der Waals surface area contributed by atoms with Crippen LogP contribution in [0.1, 0.15) is 31.1 Å². The number of carbonyl (C=O) groups is 1. The molecule has 0 radical (unpaired) electrons. The average Bonchev–Trinajstić information content (AvgIpc) is 2.46. The van der Waals surface area contributed by atoms with Gasteiger partial charge in [0.25, 0.3) is 0 Å². The summed E-state index contributed by atoms with van der Waals surface area (Å²) in [4.78, 5) is 13.5. The lowest BCUT2D eigenvalue weighted by molar-refractivity contribution is 0.101. The highest BCUT2D eigenvalue weighted by Crippen LogP contribution is 2.27. The number of benzene rings is 1. The van der Waals surface area contributed by atoms with Gasteiger partial charge in [0.2, 0.25) is 0 Å². The van der Waals surface area contributed by atoms with Crippen LogP contribution in [0.5, 0.6) is 0 Å². The third-order valence-electron chi connectivity index (χ3n) is 3.11. The van der Waals surface area contributed by atoms with Crippen LogP contribution >= 0.6 is 11.6 Å². The van der Waals surface area contributed by atoms with Crippen molar-refractivity contribution in [2.45, 2.75) is 20.8 Å². The standard InChI is InChI=1S/C16H24ClNO3/c1-4-20-10-8-18(9-11-21-5-2)16-7-6-14(13(3)19)12-15(16)17/h6-7,12H,4-5,8-11H2,1-3H3. The summed E-state index contributed by atoms with van der Waals surface area (Å²) in [5.41, 5.74) is 1.53. The fraction of sp³-hybridized carbons (Fsp3) is 0.562. The van der Waals surface area contributed by atoms with Crippen LogP contribution in [0, 0.1) is 0 Å². The molecule has 0 unspecified atom stereocenters. The summed E-state index contributed by atoms with van der Waals surface area (Å²) >= 11 is 6.32. The van der Waals surface area contributed by atoms with E-state index in [2.05, 4.69) is 4.90 Å². The van der Waals surface area contributed by atoms with Crippen molar-refractivity contribution in [1.82, 2.24) is 0 Å². The first kappa shape index (κ1) is 18.0. The van der Waals surface area contributed by atoms with E-state index < -0.39 is 0 Å². The first-order valence-electron chi connectivity index (χ1n) is 7.31. The highest BCUT2D eigenvalue weighted by Gasteiger charge is 2.12. The SMILES string of the molecule is CCOCCN(CCOCC)c1ccc(C(C)=O)cc1Cl. The minimum Gasteiger partial charge on any atom is -0.380 e. The number of rotatable bonds is 10. The lowest BCUT2D eigenvalue weighted by Gasteiger charge is -2.26. The number of nitrogens with zero attached hydrogens (tertiary/aromatic N) is 1. The fourth-order valence-electron chi connectivity index (χ4n) is 1.97. The van der Waals surface area contributed by atoms with Crippen molar-refractivity contribution in [2.75, 3.05) is 44.4 Å². The van der Waals surface area contributed by atoms with Gasteiger partial charge in [0.15, 0.2) is 5.78 Å². The van der Waals surface area contributed by atoms with E-state index in [0.717, 1.165) is 18.8 Å². The van der Waals surface area contributed by atoms with Crippen molar-refractivity contribution in [3.05, 3.63) is 28.8 Å². The Labute approximate surface area is 132 Å². The molecule has 0 aliphatic carbocycles. The highest BCUT2D eigenvalue weighted by molar-refractivity contribution is 6.33. The van der Waals surface area contributed by atoms with E-state index in [1.54, 1.807) is 12.1 Å². The summed E-state index contributed by atoms with van der Waals surface area (Å²) in [7, 11) is 0. The van der Waals surface area contributed by atoms with Gasteiger partial charge in [-0.3, -0.25) is 4.79 Å². The Kier molecular flexibility index (Phi) is 8.35. The second kappa shape index (κ2) is 9.77. The Morgan fingerprint density at radius 3 is 2.14 bits per heavy atom. The molecule has 0 atom stereocenters. The summed E-state index contributed by atoms with van der Waals surface area (Å²) < 4.78 is 10.8. The van der Waals surface area contributed by atoms with Gasteiger partial charge in [-0.25, -0.2) is 0 Å². The Morgan fingerprint density at radius 1 is 1.14 bits per heavy atom. The molecule has 21 heavy (non-hydrogen) atoms. The monoisotopic (exact) mass is 313 g/mol. The molecule has 1 aromatic carbocycles. The van der Waals surface area contributed by atoms with Crippen LogP contribution in [0.25, 0.3) is 0 Å². The van der Waals surface area contributed by atoms with E-state index in [1.807, 2.05) is 19.9 Å². The largest absolute Gasteiger partial charge is 0.380 e. The lowest BCUT2D eigenvalue weighted by atomic mass is 10.1. The zero-order valence-electron chi connectivity index (χ0n) is 13.0. The number of carbonyl (C=O) groups excluding carboxylic acids is 1. The van der Waals surface area contributed by atoms with Gasteiger partial charge in [0.05, 0.1) is 23.9 Å². The van der Waals surface area contributed by atoms with E-state index in [4.69, 9.17) is 21.1 Å². The molecular formula is C16H24ClNO3. The van der Waals surface area contributed by atoms with Crippen LogP contribution in [0.3, 0.4) is 0 Å². The van der Waals surface area contributed by atoms with Gasteiger partial charge in [-0.15, -0.1) is 0 Å². The number of ether oxygens (including phenoxy) is 2. The lowest BCUT2D eigenvalue weighted by Crippen LogP contribution is -2.31. The molecule has 4 nitrogen and oxygen atoms in total. The molecule has 1 rings (SSSR count). The maximum atomic E-state index is 11.4. The average molecular weight is 314 g/mol. The Balaban J connectivity index is 2.82. The first-order chi connectivity index (χ1) is 10.1. The molecule has 0 bridgehead atoms. The minimum atomic E-state index is 0.0126. The van der Waals surface area contributed by atoms with E-state index in [1.165, 1.54) is 6.92 Å². The molecule has 0 amide bonds. The van der Waals surface area contributed by atoms with E-state index in [9.17, 15) is 4.79 Å². The van der Waals surface area contributed by atoms with Crippen molar-refractivity contribution in [3.63, 3.8) is 0 Å². The van der Waals surface area contributed by atoms with Gasteiger partial charge >= 0.3 is 0 Å². The predicted molar refractivity (Wildman–Crippen MR) is 86.7 cm³/mol. The van der Waals surface area contributed by atoms with Crippen molar-refractivity contribution in [1.29, 1.82) is 0 Å². The molecule has 0 aliphatic heterocycles. The molecule has 0 saturated heterocycles. The number of halogens is 1. The molecule has 5 heteroatoms. The van der Waals surface area contributed by atoms with Crippen molar-refractivity contribution in [2.24, 2.45) is 0 Å². The van der Waals surface area contributed by atoms with Gasteiger partial charge < -0.3 is 14.4 Å². The van der Waals surface area contributed by atoms with Crippen LogP contribution in [0.2, 0.25) is 5.02 Å². The van der Waals surface area contributed by atoms with Gasteiger partial charge in [0, 0.05) is 31.9 Å². The number of ketones is 1. The molecule has 0 aliphatic rings. The van der Waals surface area contributed by atoms with E-state index >= 15 is 0 Å². The second-order valence-corrected chi connectivity index (χ2v) is 5.01. The molecule has 0 heterocycles.